The Hall–Kier alpha value is -2.86. The quantitative estimate of drug-likeness (QED) is 0.445. The van der Waals surface area contributed by atoms with Crippen LogP contribution in [-0.2, 0) is 0 Å². The van der Waals surface area contributed by atoms with Gasteiger partial charge in [0.2, 0.25) is 0 Å². The van der Waals surface area contributed by atoms with Crippen molar-refractivity contribution in [1.29, 1.82) is 0 Å². The molecule has 0 spiro atoms. The van der Waals surface area contributed by atoms with Crippen molar-refractivity contribution >= 4 is 11.7 Å². The average Bonchev–Trinajstić information content (AvgIpc) is 3.51. The molecule has 2 aliphatic rings. The zero-order chi connectivity index (χ0) is 20.2. The van der Waals surface area contributed by atoms with Crippen LogP contribution in [0.3, 0.4) is 0 Å². The Morgan fingerprint density at radius 1 is 1.07 bits per heavy atom. The zero-order valence-corrected chi connectivity index (χ0v) is 16.8. The summed E-state index contributed by atoms with van der Waals surface area (Å²) in [4.78, 5) is 13.9. The van der Waals surface area contributed by atoms with Gasteiger partial charge in [0.25, 0.3) is 0 Å². The monoisotopic (exact) mass is 392 g/mol. The molecule has 1 saturated carbocycles. The molecule has 0 radical (unpaired) electrons. The van der Waals surface area contributed by atoms with Gasteiger partial charge >= 0.3 is 6.03 Å². The third kappa shape index (κ3) is 4.27. The smallest absolute Gasteiger partial charge is 0.332 e. The van der Waals surface area contributed by atoms with Crippen molar-refractivity contribution in [3.8, 4) is 5.75 Å². The maximum atomic E-state index is 11.4. The van der Waals surface area contributed by atoms with Crippen LogP contribution < -0.4 is 15.9 Å². The Morgan fingerprint density at radius 2 is 1.76 bits per heavy atom. The highest BCUT2D eigenvalue weighted by Gasteiger charge is 2.54. The van der Waals surface area contributed by atoms with Gasteiger partial charge in [0.05, 0.1) is 24.9 Å². The molecular weight excluding hydrogens is 364 g/mol. The zero-order valence-electron chi connectivity index (χ0n) is 16.8. The van der Waals surface area contributed by atoms with Crippen molar-refractivity contribution in [3.05, 3.63) is 65.7 Å². The summed E-state index contributed by atoms with van der Waals surface area (Å²) in [6.45, 7) is 0. The fraction of sp³-hybridized carbons (Fsp3) is 0.391. The number of rotatable bonds is 6. The lowest BCUT2D eigenvalue weighted by Gasteiger charge is -2.24. The van der Waals surface area contributed by atoms with Crippen LogP contribution in [0.25, 0.3) is 0 Å². The summed E-state index contributed by atoms with van der Waals surface area (Å²) in [6.07, 6.45) is 6.26. The highest BCUT2D eigenvalue weighted by atomic mass is 16.5. The third-order valence-corrected chi connectivity index (χ3v) is 5.94. The summed E-state index contributed by atoms with van der Waals surface area (Å²) < 4.78 is 5.29. The van der Waals surface area contributed by atoms with Gasteiger partial charge in [-0.05, 0) is 48.2 Å². The lowest BCUT2D eigenvalue weighted by atomic mass is 9.95. The van der Waals surface area contributed by atoms with Crippen LogP contribution in [0.5, 0.6) is 5.75 Å². The molecular formula is C23H28N4O2. The second-order valence-corrected chi connectivity index (χ2v) is 7.74. The predicted molar refractivity (Wildman–Crippen MR) is 114 cm³/mol. The topological polar surface area (TPSA) is 79.7 Å². The van der Waals surface area contributed by atoms with E-state index in [0.717, 1.165) is 17.0 Å². The average molecular weight is 393 g/mol. The molecule has 2 amide bonds. The van der Waals surface area contributed by atoms with E-state index in [4.69, 9.17) is 10.5 Å². The van der Waals surface area contributed by atoms with E-state index in [0.29, 0.717) is 6.04 Å². The van der Waals surface area contributed by atoms with Gasteiger partial charge in [-0.3, -0.25) is 4.90 Å². The molecule has 1 heterocycles. The lowest BCUT2D eigenvalue weighted by Crippen LogP contribution is -2.30. The fourth-order valence-corrected chi connectivity index (χ4v) is 4.56. The first-order chi connectivity index (χ1) is 14.2. The highest BCUT2D eigenvalue weighted by molar-refractivity contribution is 6.07. The standard InChI is InChI=1S/C23H28N4O2/c1-29-19-14-12-16(13-15-19)20(25-26-23(24)28)22-21(17-8-4-2-5-9-17)27(22)18-10-6-3-7-11-18/h2,4-5,8-9,12-15,18,21-22H,3,6-7,10-11H2,1H3,(H3,24,26,28)/b25-20-. The molecule has 0 aromatic heterocycles. The summed E-state index contributed by atoms with van der Waals surface area (Å²) in [6, 6.07) is 18.6. The maximum absolute atomic E-state index is 11.4. The number of amides is 2. The summed E-state index contributed by atoms with van der Waals surface area (Å²) in [5, 5.41) is 4.44. The van der Waals surface area contributed by atoms with Crippen molar-refractivity contribution in [2.75, 3.05) is 7.11 Å². The number of urea groups is 1. The van der Waals surface area contributed by atoms with Gasteiger partial charge in [-0.2, -0.15) is 5.10 Å². The Morgan fingerprint density at radius 3 is 2.38 bits per heavy atom. The molecule has 4 rings (SSSR count). The largest absolute Gasteiger partial charge is 0.497 e. The first-order valence-corrected chi connectivity index (χ1v) is 10.3. The van der Waals surface area contributed by atoms with E-state index in [1.807, 2.05) is 30.3 Å². The minimum Gasteiger partial charge on any atom is -0.497 e. The van der Waals surface area contributed by atoms with Crippen LogP contribution in [0, 0.1) is 0 Å². The molecule has 3 atom stereocenters. The number of benzene rings is 2. The molecule has 1 saturated heterocycles. The molecule has 6 heteroatoms. The van der Waals surface area contributed by atoms with Crippen molar-refractivity contribution in [1.82, 2.24) is 10.3 Å². The molecule has 1 aliphatic carbocycles. The third-order valence-electron chi connectivity index (χ3n) is 5.94. The number of nitrogens with zero attached hydrogens (tertiary/aromatic N) is 2. The number of hydrogen-bond donors (Lipinski definition) is 2. The lowest BCUT2D eigenvalue weighted by molar-refractivity contribution is 0.249. The second-order valence-electron chi connectivity index (χ2n) is 7.74. The molecule has 3 unspecified atom stereocenters. The number of carbonyl (C=O) groups is 1. The van der Waals surface area contributed by atoms with Crippen molar-refractivity contribution in [2.45, 2.75) is 50.2 Å². The Balaban J connectivity index is 1.69. The number of nitrogens with two attached hydrogens (primary N) is 1. The van der Waals surface area contributed by atoms with E-state index in [2.05, 4.69) is 39.7 Å². The minimum absolute atomic E-state index is 0.112. The minimum atomic E-state index is -0.655. The molecule has 2 aromatic rings. The first-order valence-electron chi connectivity index (χ1n) is 10.3. The Labute approximate surface area is 171 Å². The molecule has 2 fully saturated rings. The number of nitrogens with one attached hydrogen (secondary N) is 1. The van der Waals surface area contributed by atoms with Gasteiger partial charge < -0.3 is 10.5 Å². The van der Waals surface area contributed by atoms with Gasteiger partial charge in [0.15, 0.2) is 0 Å². The molecule has 2 aromatic carbocycles. The first kappa shape index (κ1) is 19.5. The van der Waals surface area contributed by atoms with E-state index in [-0.39, 0.29) is 12.1 Å². The molecule has 152 valence electrons. The van der Waals surface area contributed by atoms with E-state index >= 15 is 0 Å². The molecule has 0 bridgehead atoms. The number of hydrazone groups is 1. The van der Waals surface area contributed by atoms with Crippen LogP contribution >= 0.6 is 0 Å². The Bertz CT molecular complexity index is 860. The van der Waals surface area contributed by atoms with E-state index < -0.39 is 6.03 Å². The van der Waals surface area contributed by atoms with Crippen LogP contribution in [0.15, 0.2) is 59.7 Å². The molecule has 6 nitrogen and oxygen atoms in total. The Kier molecular flexibility index (Phi) is 5.81. The van der Waals surface area contributed by atoms with Crippen LogP contribution in [0.2, 0.25) is 0 Å². The van der Waals surface area contributed by atoms with Crippen molar-refractivity contribution in [2.24, 2.45) is 10.8 Å². The number of primary amides is 1. The van der Waals surface area contributed by atoms with E-state index in [1.54, 1.807) is 7.11 Å². The summed E-state index contributed by atoms with van der Waals surface area (Å²) in [5.74, 6) is 0.788. The summed E-state index contributed by atoms with van der Waals surface area (Å²) in [7, 11) is 1.65. The van der Waals surface area contributed by atoms with Crippen molar-refractivity contribution in [3.63, 3.8) is 0 Å². The normalized spacial score (nSPS) is 24.7. The number of methoxy groups -OCH3 is 1. The summed E-state index contributed by atoms with van der Waals surface area (Å²) >= 11 is 0. The molecule has 1 aliphatic heterocycles. The van der Waals surface area contributed by atoms with Gasteiger partial charge in [-0.15, -0.1) is 0 Å². The van der Waals surface area contributed by atoms with Gasteiger partial charge in [0, 0.05) is 6.04 Å². The summed E-state index contributed by atoms with van der Waals surface area (Å²) in [5.41, 5.74) is 10.9. The van der Waals surface area contributed by atoms with Gasteiger partial charge in [-0.25, -0.2) is 10.2 Å². The van der Waals surface area contributed by atoms with Gasteiger partial charge in [-0.1, -0.05) is 49.6 Å². The van der Waals surface area contributed by atoms with Gasteiger partial charge in [0.1, 0.15) is 5.75 Å². The van der Waals surface area contributed by atoms with Crippen LogP contribution in [0.4, 0.5) is 4.79 Å². The fourth-order valence-electron chi connectivity index (χ4n) is 4.56. The second kappa shape index (κ2) is 8.66. The van der Waals surface area contributed by atoms with Crippen molar-refractivity contribution < 1.29 is 9.53 Å². The van der Waals surface area contributed by atoms with E-state index in [9.17, 15) is 4.79 Å². The highest BCUT2D eigenvalue weighted by Crippen LogP contribution is 2.49. The SMILES string of the molecule is COc1ccc(/C(=N/NC(N)=O)C2C(c3ccccc3)N2C2CCCCC2)cc1. The number of hydrogen-bond acceptors (Lipinski definition) is 4. The van der Waals surface area contributed by atoms with Crippen LogP contribution in [0.1, 0.15) is 49.3 Å². The number of carbonyl (C=O) groups excluding carboxylic acids is 1. The molecule has 3 N–H and O–H groups in total. The maximum Gasteiger partial charge on any atom is 0.332 e. The number of ether oxygens (including phenoxy) is 1. The van der Waals surface area contributed by atoms with E-state index in [1.165, 1.54) is 37.7 Å². The molecule has 29 heavy (non-hydrogen) atoms. The predicted octanol–water partition coefficient (Wildman–Crippen LogP) is 3.83. The van der Waals surface area contributed by atoms with Crippen LogP contribution in [-0.4, -0.2) is 35.8 Å².